The van der Waals surface area contributed by atoms with Gasteiger partial charge >= 0.3 is 0 Å². The van der Waals surface area contributed by atoms with E-state index >= 15 is 0 Å². The summed E-state index contributed by atoms with van der Waals surface area (Å²) >= 11 is 0. The Labute approximate surface area is 154 Å². The molecule has 0 aliphatic heterocycles. The smallest absolute Gasteiger partial charge is 0.0221 e. The van der Waals surface area contributed by atoms with Crippen LogP contribution >= 0.6 is 0 Å². The number of rotatable bonds is 21. The summed E-state index contributed by atoms with van der Waals surface area (Å²) in [4.78, 5) is 0. The van der Waals surface area contributed by atoms with Crippen LogP contribution in [0.25, 0.3) is 0 Å². The number of hydrogen-bond donors (Lipinski definition) is 1. The molecule has 0 amide bonds. The molecule has 0 heterocycles. The highest BCUT2D eigenvalue weighted by atomic mass is 14.8. The van der Waals surface area contributed by atoms with E-state index in [2.05, 4.69) is 25.7 Å². The fourth-order valence-electron chi connectivity index (χ4n) is 3.20. The molecule has 0 aliphatic carbocycles. The Bertz CT molecular complexity index is 180. The van der Waals surface area contributed by atoms with Crippen molar-refractivity contribution >= 4 is 0 Å². The molecular formula is C23H47N. The maximum absolute atomic E-state index is 3.90. The van der Waals surface area contributed by atoms with Gasteiger partial charge in [-0.05, 0) is 19.4 Å². The molecule has 24 heavy (non-hydrogen) atoms. The third-order valence-electron chi connectivity index (χ3n) is 4.92. The minimum atomic E-state index is 1.12. The molecule has 0 unspecified atom stereocenters. The van der Waals surface area contributed by atoms with Crippen LogP contribution in [0.15, 0.2) is 0 Å². The highest BCUT2D eigenvalue weighted by molar-refractivity contribution is 4.61. The minimum absolute atomic E-state index is 1.12. The van der Waals surface area contributed by atoms with Crippen LogP contribution in [0.3, 0.4) is 0 Å². The van der Waals surface area contributed by atoms with Gasteiger partial charge in [-0.2, -0.15) is 0 Å². The molecule has 1 nitrogen and oxygen atoms in total. The van der Waals surface area contributed by atoms with Gasteiger partial charge in [-0.1, -0.05) is 123 Å². The molecule has 0 saturated heterocycles. The van der Waals surface area contributed by atoms with Gasteiger partial charge in [-0.3, -0.25) is 0 Å². The van der Waals surface area contributed by atoms with Crippen LogP contribution < -0.4 is 5.32 Å². The third kappa shape index (κ3) is 22.0. The lowest BCUT2D eigenvalue weighted by Gasteiger charge is -2.04. The lowest BCUT2D eigenvalue weighted by molar-refractivity contribution is 0.529. The predicted octanol–water partition coefficient (Wildman–Crippen LogP) is 8.00. The molecule has 0 aromatic carbocycles. The molecule has 0 rings (SSSR count). The fourth-order valence-corrected chi connectivity index (χ4v) is 3.20. The normalized spacial score (nSPS) is 11.2. The van der Waals surface area contributed by atoms with Crippen molar-refractivity contribution in [1.29, 1.82) is 0 Å². The molecule has 0 saturated carbocycles. The van der Waals surface area contributed by atoms with Gasteiger partial charge in [-0.15, -0.1) is 0 Å². The Morgan fingerprint density at radius 2 is 1.00 bits per heavy atom. The maximum atomic E-state index is 3.90. The number of hydrogen-bond acceptors (Lipinski definition) is 1. The van der Waals surface area contributed by atoms with Gasteiger partial charge in [0, 0.05) is 6.54 Å². The second kappa shape index (κ2) is 23.0. The molecule has 0 aromatic heterocycles. The van der Waals surface area contributed by atoms with Crippen LogP contribution in [-0.4, -0.2) is 6.54 Å². The molecule has 0 fully saturated rings. The van der Waals surface area contributed by atoms with E-state index < -0.39 is 0 Å². The van der Waals surface area contributed by atoms with Crippen LogP contribution in [0.5, 0.6) is 0 Å². The summed E-state index contributed by atoms with van der Waals surface area (Å²) in [5.41, 5.74) is 0. The Kier molecular flexibility index (Phi) is 22.9. The van der Waals surface area contributed by atoms with Crippen molar-refractivity contribution in [1.82, 2.24) is 5.32 Å². The van der Waals surface area contributed by atoms with Gasteiger partial charge < -0.3 is 5.32 Å². The van der Waals surface area contributed by atoms with Crippen molar-refractivity contribution in [3.63, 3.8) is 0 Å². The van der Waals surface area contributed by atoms with Crippen LogP contribution in [-0.2, 0) is 0 Å². The van der Waals surface area contributed by atoms with Crippen LogP contribution in [0.1, 0.15) is 129 Å². The van der Waals surface area contributed by atoms with E-state index in [4.69, 9.17) is 0 Å². The summed E-state index contributed by atoms with van der Waals surface area (Å²) in [5, 5.41) is 3.41. The van der Waals surface area contributed by atoms with Crippen molar-refractivity contribution in [2.45, 2.75) is 129 Å². The maximum Gasteiger partial charge on any atom is 0.0221 e. The third-order valence-corrected chi connectivity index (χ3v) is 4.92. The summed E-state index contributed by atoms with van der Waals surface area (Å²) in [5.74, 6) is 0. The van der Waals surface area contributed by atoms with Gasteiger partial charge in [0.1, 0.15) is 0 Å². The summed E-state index contributed by atoms with van der Waals surface area (Å²) in [7, 11) is 0. The van der Waals surface area contributed by atoms with Gasteiger partial charge in [0.2, 0.25) is 0 Å². The quantitative estimate of drug-likeness (QED) is 0.209. The predicted molar refractivity (Wildman–Crippen MR) is 111 cm³/mol. The molecule has 2 radical (unpaired) electrons. The van der Waals surface area contributed by atoms with Crippen LogP contribution in [0.2, 0.25) is 0 Å². The van der Waals surface area contributed by atoms with Crippen LogP contribution in [0.4, 0.5) is 0 Å². The van der Waals surface area contributed by atoms with E-state index in [0.29, 0.717) is 0 Å². The zero-order chi connectivity index (χ0) is 17.6. The Morgan fingerprint density at radius 3 is 1.42 bits per heavy atom. The van der Waals surface area contributed by atoms with Crippen molar-refractivity contribution in [3.05, 3.63) is 13.5 Å². The van der Waals surface area contributed by atoms with E-state index in [-0.39, 0.29) is 0 Å². The van der Waals surface area contributed by atoms with Gasteiger partial charge in [0.25, 0.3) is 0 Å². The van der Waals surface area contributed by atoms with Gasteiger partial charge in [0.15, 0.2) is 0 Å². The molecule has 1 N–H and O–H groups in total. The highest BCUT2D eigenvalue weighted by Crippen LogP contribution is 2.14. The molecule has 1 heteroatoms. The lowest BCUT2D eigenvalue weighted by atomic mass is 10.0. The largest absolute Gasteiger partial charge is 0.312 e. The van der Waals surface area contributed by atoms with E-state index in [0.717, 1.165) is 13.0 Å². The van der Waals surface area contributed by atoms with E-state index in [1.165, 1.54) is 116 Å². The number of nitrogens with one attached hydrogen (secondary N) is 1. The monoisotopic (exact) mass is 337 g/mol. The second-order valence-corrected chi connectivity index (χ2v) is 7.46. The first kappa shape index (κ1) is 24.0. The topological polar surface area (TPSA) is 12.0 Å². The first-order valence-corrected chi connectivity index (χ1v) is 11.3. The molecule has 0 spiro atoms. The average Bonchev–Trinajstić information content (AvgIpc) is 2.60. The molecule has 144 valence electrons. The Morgan fingerprint density at radius 1 is 0.583 bits per heavy atom. The average molecular weight is 338 g/mol. The lowest BCUT2D eigenvalue weighted by Crippen LogP contribution is -2.10. The number of unbranched alkanes of at least 4 members (excludes halogenated alkanes) is 17. The van der Waals surface area contributed by atoms with Gasteiger partial charge in [-0.25, -0.2) is 0 Å². The summed E-state index contributed by atoms with van der Waals surface area (Å²) in [6, 6.07) is 0. The summed E-state index contributed by atoms with van der Waals surface area (Å²) < 4.78 is 0. The highest BCUT2D eigenvalue weighted by Gasteiger charge is 1.95. The molecule has 0 bridgehead atoms. The minimum Gasteiger partial charge on any atom is -0.312 e. The molecule has 0 aliphatic rings. The van der Waals surface area contributed by atoms with Crippen molar-refractivity contribution in [2.75, 3.05) is 6.54 Å². The van der Waals surface area contributed by atoms with Crippen molar-refractivity contribution < 1.29 is 0 Å². The van der Waals surface area contributed by atoms with E-state index in [1.54, 1.807) is 0 Å². The van der Waals surface area contributed by atoms with E-state index in [9.17, 15) is 0 Å². The van der Waals surface area contributed by atoms with E-state index in [1.807, 2.05) is 0 Å². The molecule has 0 aromatic rings. The zero-order valence-electron chi connectivity index (χ0n) is 16.9. The van der Waals surface area contributed by atoms with Crippen molar-refractivity contribution in [3.8, 4) is 0 Å². The van der Waals surface area contributed by atoms with Crippen LogP contribution in [0, 0.1) is 13.5 Å². The first-order chi connectivity index (χ1) is 11.9. The SMILES string of the molecule is [CH2]CCCCCCCCCCCCCCCCC[CH]NCCCC. The first-order valence-electron chi connectivity index (χ1n) is 11.3. The molecular weight excluding hydrogens is 290 g/mol. The Balaban J connectivity index is 2.93. The summed E-state index contributed by atoms with van der Waals surface area (Å²) in [6.45, 7) is 9.58. The fraction of sp³-hybridized carbons (Fsp3) is 0.913. The zero-order valence-corrected chi connectivity index (χ0v) is 16.9. The second-order valence-electron chi connectivity index (χ2n) is 7.46. The molecule has 0 atom stereocenters. The van der Waals surface area contributed by atoms with Crippen molar-refractivity contribution in [2.24, 2.45) is 0 Å². The Hall–Kier alpha value is -0.0400. The standard InChI is InChI=1S/C23H47N/c1-3-5-7-8-9-10-11-12-13-14-15-16-17-18-19-20-21-23-24-22-6-4-2/h23-24H,1,3-22H2,2H3. The van der Waals surface area contributed by atoms with Gasteiger partial charge in [0.05, 0.1) is 0 Å². The summed E-state index contributed by atoms with van der Waals surface area (Å²) in [6.07, 6.45) is 26.5.